The minimum Gasteiger partial charge on any atom is -0.443 e. The Morgan fingerprint density at radius 2 is 1.98 bits per heavy atom. The lowest BCUT2D eigenvalue weighted by Gasteiger charge is -2.31. The summed E-state index contributed by atoms with van der Waals surface area (Å²) in [6.45, 7) is 6.72. The monoisotopic (exact) mass is 642 g/mol. The Morgan fingerprint density at radius 1 is 1.20 bits per heavy atom. The van der Waals surface area contributed by atoms with E-state index in [1.807, 2.05) is 51.1 Å². The second-order valence-electron chi connectivity index (χ2n) is 12.1. The molecule has 6 unspecified atom stereocenters. The molecule has 3 aliphatic heterocycles. The van der Waals surface area contributed by atoms with Crippen LogP contribution in [0.2, 0.25) is 0 Å². The standard InChI is InChI=1S/C32H42N4O8S/c1-4-33-16-25-24-15-22(10-11-26(24)34-30(25)38)45(40,41)36(17-20(2)3)18-28(37)27(14-21-8-6-5-7-9-21)35-32(39)44-29-19-43-31-23(29)12-13-42-31/h5-11,15-16,20,23,25,27-29,31,37H,4,12-14,17-19H2,1-3H3,(H,34,38)(H,35,39). The summed E-state index contributed by atoms with van der Waals surface area (Å²) in [5, 5.41) is 17.1. The number of amides is 2. The van der Waals surface area contributed by atoms with E-state index in [4.69, 9.17) is 14.2 Å². The number of nitrogens with zero attached hydrogens (tertiary/aromatic N) is 2. The van der Waals surface area contributed by atoms with Crippen molar-refractivity contribution in [3.8, 4) is 0 Å². The molecule has 2 saturated heterocycles. The number of carbonyl (C=O) groups excluding carboxylic acids is 2. The predicted molar refractivity (Wildman–Crippen MR) is 168 cm³/mol. The average Bonchev–Trinajstić information content (AvgIpc) is 3.70. The van der Waals surface area contributed by atoms with Gasteiger partial charge in [-0.3, -0.25) is 9.79 Å². The van der Waals surface area contributed by atoms with Crippen molar-refractivity contribution in [1.29, 1.82) is 0 Å². The summed E-state index contributed by atoms with van der Waals surface area (Å²) in [5.41, 5.74) is 1.92. The highest BCUT2D eigenvalue weighted by molar-refractivity contribution is 7.89. The Hall–Kier alpha value is -3.36. The van der Waals surface area contributed by atoms with Crippen LogP contribution >= 0.6 is 0 Å². The van der Waals surface area contributed by atoms with Gasteiger partial charge in [0.25, 0.3) is 0 Å². The molecule has 2 aromatic carbocycles. The molecule has 2 amide bonds. The molecule has 0 spiro atoms. The van der Waals surface area contributed by atoms with Gasteiger partial charge in [-0.05, 0) is 55.0 Å². The molecule has 0 aliphatic carbocycles. The van der Waals surface area contributed by atoms with Crippen molar-refractivity contribution in [3.63, 3.8) is 0 Å². The third-order valence-corrected chi connectivity index (χ3v) is 10.1. The molecule has 0 bridgehead atoms. The molecule has 13 heteroatoms. The molecule has 3 N–H and O–H groups in total. The van der Waals surface area contributed by atoms with E-state index in [-0.39, 0.29) is 55.0 Å². The first-order valence-electron chi connectivity index (χ1n) is 15.4. The first-order valence-corrected chi connectivity index (χ1v) is 16.9. The number of anilines is 1. The lowest BCUT2D eigenvalue weighted by Crippen LogP contribution is -2.51. The topological polar surface area (TPSA) is 156 Å². The van der Waals surface area contributed by atoms with Gasteiger partial charge in [0.1, 0.15) is 12.0 Å². The van der Waals surface area contributed by atoms with Gasteiger partial charge >= 0.3 is 6.09 Å². The highest BCUT2D eigenvalue weighted by Crippen LogP contribution is 2.35. The molecule has 2 aromatic rings. The summed E-state index contributed by atoms with van der Waals surface area (Å²) in [4.78, 5) is 29.8. The van der Waals surface area contributed by atoms with Crippen LogP contribution in [0.25, 0.3) is 0 Å². The van der Waals surface area contributed by atoms with E-state index in [0.29, 0.717) is 24.4 Å². The summed E-state index contributed by atoms with van der Waals surface area (Å²) >= 11 is 0. The Labute approximate surface area is 264 Å². The molecular formula is C32H42N4O8S. The van der Waals surface area contributed by atoms with Gasteiger partial charge in [0, 0.05) is 31.5 Å². The lowest BCUT2D eigenvalue weighted by molar-refractivity contribution is -0.115. The molecule has 6 atom stereocenters. The van der Waals surface area contributed by atoms with Crippen LogP contribution in [0.1, 0.15) is 44.2 Å². The van der Waals surface area contributed by atoms with E-state index >= 15 is 0 Å². The van der Waals surface area contributed by atoms with Crippen molar-refractivity contribution in [2.24, 2.45) is 16.8 Å². The fourth-order valence-electron chi connectivity index (χ4n) is 5.97. The number of sulfonamides is 1. The van der Waals surface area contributed by atoms with Crippen molar-refractivity contribution in [2.75, 3.05) is 38.2 Å². The summed E-state index contributed by atoms with van der Waals surface area (Å²) < 4.78 is 46.2. The van der Waals surface area contributed by atoms with Gasteiger partial charge in [0.05, 0.1) is 36.2 Å². The zero-order chi connectivity index (χ0) is 32.1. The van der Waals surface area contributed by atoms with Crippen molar-refractivity contribution >= 4 is 33.9 Å². The summed E-state index contributed by atoms with van der Waals surface area (Å²) in [5.74, 6) is -1.08. The van der Waals surface area contributed by atoms with Gasteiger partial charge in [-0.2, -0.15) is 4.31 Å². The van der Waals surface area contributed by atoms with Crippen LogP contribution < -0.4 is 10.6 Å². The van der Waals surface area contributed by atoms with Crippen LogP contribution in [-0.4, -0.2) is 93.4 Å². The van der Waals surface area contributed by atoms with Crippen LogP contribution in [0.4, 0.5) is 10.5 Å². The Kier molecular flexibility index (Phi) is 10.6. The largest absolute Gasteiger partial charge is 0.443 e. The molecule has 3 aliphatic rings. The van der Waals surface area contributed by atoms with E-state index in [9.17, 15) is 23.1 Å². The van der Waals surface area contributed by atoms with E-state index in [0.717, 1.165) is 12.0 Å². The van der Waals surface area contributed by atoms with Crippen LogP contribution in [0.3, 0.4) is 0 Å². The Morgan fingerprint density at radius 3 is 2.71 bits per heavy atom. The zero-order valence-corrected chi connectivity index (χ0v) is 26.6. The number of hydrogen-bond donors (Lipinski definition) is 3. The van der Waals surface area contributed by atoms with E-state index in [1.165, 1.54) is 22.7 Å². The summed E-state index contributed by atoms with van der Waals surface area (Å²) in [7, 11) is -4.12. The number of fused-ring (bicyclic) bond motifs is 2. The van der Waals surface area contributed by atoms with E-state index in [2.05, 4.69) is 15.6 Å². The van der Waals surface area contributed by atoms with Crippen molar-refractivity contribution in [2.45, 2.75) is 69.0 Å². The SMILES string of the molecule is CCN=CC1C(=O)Nc2ccc(S(=O)(=O)N(CC(C)C)CC(O)C(Cc3ccccc3)NC(=O)OC3COC4OCCC34)cc21. The smallest absolute Gasteiger partial charge is 0.407 e. The molecule has 0 saturated carbocycles. The minimum atomic E-state index is -4.12. The Bertz CT molecular complexity index is 1490. The number of ether oxygens (including phenoxy) is 3. The first-order chi connectivity index (χ1) is 21.6. The molecule has 0 aromatic heterocycles. The lowest BCUT2D eigenvalue weighted by atomic mass is 10.0. The number of nitrogens with one attached hydrogen (secondary N) is 2. The number of aliphatic hydroxyl groups is 1. The number of benzene rings is 2. The van der Waals surface area contributed by atoms with E-state index in [1.54, 1.807) is 6.07 Å². The molecule has 0 radical (unpaired) electrons. The third kappa shape index (κ3) is 7.72. The predicted octanol–water partition coefficient (Wildman–Crippen LogP) is 2.92. The number of aliphatic imine (C=N–C) groups is 1. The van der Waals surface area contributed by atoms with Gasteiger partial charge in [0.15, 0.2) is 6.29 Å². The third-order valence-electron chi connectivity index (χ3n) is 8.24. The summed E-state index contributed by atoms with van der Waals surface area (Å²) in [6, 6.07) is 13.0. The fraction of sp³-hybridized carbons (Fsp3) is 0.531. The van der Waals surface area contributed by atoms with Crippen LogP contribution in [0.15, 0.2) is 58.4 Å². The van der Waals surface area contributed by atoms with Gasteiger partial charge in [-0.15, -0.1) is 0 Å². The maximum absolute atomic E-state index is 14.1. The van der Waals surface area contributed by atoms with Gasteiger partial charge in [-0.25, -0.2) is 13.2 Å². The number of carbonyl (C=O) groups is 2. The maximum atomic E-state index is 14.1. The zero-order valence-electron chi connectivity index (χ0n) is 25.8. The van der Waals surface area contributed by atoms with Gasteiger partial charge in [0.2, 0.25) is 15.9 Å². The highest BCUT2D eigenvalue weighted by atomic mass is 32.2. The van der Waals surface area contributed by atoms with Crippen molar-refractivity contribution < 1.29 is 37.3 Å². The van der Waals surface area contributed by atoms with Crippen molar-refractivity contribution in [3.05, 3.63) is 59.7 Å². The molecule has 45 heavy (non-hydrogen) atoms. The molecule has 5 rings (SSSR count). The van der Waals surface area contributed by atoms with Gasteiger partial charge < -0.3 is 30.0 Å². The van der Waals surface area contributed by atoms with Crippen molar-refractivity contribution in [1.82, 2.24) is 9.62 Å². The molecule has 3 heterocycles. The molecule has 2 fully saturated rings. The second-order valence-corrected chi connectivity index (χ2v) is 14.0. The van der Waals surface area contributed by atoms with Crippen LogP contribution in [0.5, 0.6) is 0 Å². The minimum absolute atomic E-state index is 0.00190. The molecule has 12 nitrogen and oxygen atoms in total. The molecular weight excluding hydrogens is 600 g/mol. The van der Waals surface area contributed by atoms with Gasteiger partial charge in [-0.1, -0.05) is 44.2 Å². The first kappa shape index (κ1) is 33.0. The number of hydrogen-bond acceptors (Lipinski definition) is 9. The number of rotatable bonds is 13. The normalized spacial score (nSPS) is 24.1. The second kappa shape index (κ2) is 14.4. The Balaban J connectivity index is 1.36. The van der Waals surface area contributed by atoms with Crippen LogP contribution in [-0.2, 0) is 35.4 Å². The van der Waals surface area contributed by atoms with Crippen LogP contribution in [0, 0.1) is 11.8 Å². The number of alkyl carbamates (subject to hydrolysis) is 1. The molecule has 244 valence electrons. The number of aliphatic hydroxyl groups excluding tert-OH is 1. The summed E-state index contributed by atoms with van der Waals surface area (Å²) in [6.07, 6.45) is -0.360. The fourth-order valence-corrected chi connectivity index (χ4v) is 7.63. The maximum Gasteiger partial charge on any atom is 0.407 e. The van der Waals surface area contributed by atoms with E-state index < -0.39 is 40.3 Å². The average molecular weight is 643 g/mol. The quantitative estimate of drug-likeness (QED) is 0.282. The highest BCUT2D eigenvalue weighted by Gasteiger charge is 2.44.